The maximum absolute atomic E-state index is 6.76. The number of hydrogen-bond acceptors (Lipinski definition) is 8. The van der Waals surface area contributed by atoms with Crippen molar-refractivity contribution in [1.82, 2.24) is 0 Å². The van der Waals surface area contributed by atoms with Gasteiger partial charge in [0.25, 0.3) is 0 Å². The Balaban J connectivity index is 2.43. The first-order valence-electron chi connectivity index (χ1n) is 11.1. The van der Waals surface area contributed by atoms with Crippen LogP contribution in [0.5, 0.6) is 23.0 Å². The van der Waals surface area contributed by atoms with Gasteiger partial charge in [-0.25, -0.2) is 0 Å². The van der Waals surface area contributed by atoms with Gasteiger partial charge in [0, 0.05) is 29.3 Å². The van der Waals surface area contributed by atoms with E-state index in [1.54, 1.807) is 52.0 Å². The van der Waals surface area contributed by atoms with E-state index in [1.807, 2.05) is 24.3 Å². The molecule has 0 aliphatic carbocycles. The van der Waals surface area contributed by atoms with Gasteiger partial charge in [0.2, 0.25) is 0 Å². The van der Waals surface area contributed by atoms with Crippen LogP contribution >= 0.6 is 23.5 Å². The molecule has 0 saturated heterocycles. The highest BCUT2D eigenvalue weighted by Crippen LogP contribution is 2.41. The van der Waals surface area contributed by atoms with E-state index in [-0.39, 0.29) is 12.0 Å². The average molecular weight is 495 g/mol. The molecule has 33 heavy (non-hydrogen) atoms. The standard InChI is InChI=1S/C25H38N2O4S2/c1-8-32-24-12-20(28-4)16(10-22(24)30-6)9-19(27)18(14-26)17-11-23(31-7)25(33-15(2)3)13-21(17)29-5/h10-13,15,18-19H,8-9,14,26-27H2,1-7H3. The Kier molecular flexibility index (Phi) is 11.0. The Labute approximate surface area is 207 Å². The Bertz CT molecular complexity index is 908. The van der Waals surface area contributed by atoms with Crippen molar-refractivity contribution in [3.63, 3.8) is 0 Å². The van der Waals surface area contributed by atoms with Crippen molar-refractivity contribution < 1.29 is 18.9 Å². The first kappa shape index (κ1) is 27.5. The molecule has 4 N–H and O–H groups in total. The normalized spacial score (nSPS) is 13.0. The summed E-state index contributed by atoms with van der Waals surface area (Å²) in [5.74, 6) is 4.00. The van der Waals surface area contributed by atoms with Crippen LogP contribution in [0.1, 0.15) is 37.8 Å². The second kappa shape index (κ2) is 13.2. The first-order chi connectivity index (χ1) is 15.8. The molecule has 0 heterocycles. The van der Waals surface area contributed by atoms with Gasteiger partial charge in [-0.15, -0.1) is 23.5 Å². The van der Waals surface area contributed by atoms with Crippen molar-refractivity contribution in [2.24, 2.45) is 11.5 Å². The molecule has 0 saturated carbocycles. The molecule has 0 bridgehead atoms. The van der Waals surface area contributed by atoms with Crippen LogP contribution in [0.25, 0.3) is 0 Å². The van der Waals surface area contributed by atoms with E-state index in [9.17, 15) is 0 Å². The molecule has 0 fully saturated rings. The molecule has 2 aromatic carbocycles. The minimum atomic E-state index is -0.263. The lowest BCUT2D eigenvalue weighted by Crippen LogP contribution is -2.35. The van der Waals surface area contributed by atoms with Gasteiger partial charge in [0.1, 0.15) is 23.0 Å². The summed E-state index contributed by atoms with van der Waals surface area (Å²) >= 11 is 3.45. The lowest BCUT2D eigenvalue weighted by Gasteiger charge is -2.27. The summed E-state index contributed by atoms with van der Waals surface area (Å²) in [5, 5.41) is 0.415. The van der Waals surface area contributed by atoms with Crippen LogP contribution in [-0.4, -0.2) is 52.0 Å². The van der Waals surface area contributed by atoms with Gasteiger partial charge in [-0.1, -0.05) is 20.8 Å². The van der Waals surface area contributed by atoms with E-state index in [0.717, 1.165) is 49.7 Å². The van der Waals surface area contributed by atoms with E-state index in [4.69, 9.17) is 30.4 Å². The van der Waals surface area contributed by atoms with Crippen LogP contribution in [-0.2, 0) is 6.42 Å². The number of thioether (sulfide) groups is 2. The van der Waals surface area contributed by atoms with E-state index >= 15 is 0 Å². The molecule has 6 nitrogen and oxygen atoms in total. The van der Waals surface area contributed by atoms with E-state index in [0.29, 0.717) is 18.2 Å². The van der Waals surface area contributed by atoms with Crippen LogP contribution in [0.15, 0.2) is 34.1 Å². The van der Waals surface area contributed by atoms with Crippen LogP contribution in [0.2, 0.25) is 0 Å². The molecule has 2 unspecified atom stereocenters. The zero-order valence-corrected chi connectivity index (χ0v) is 22.4. The lowest BCUT2D eigenvalue weighted by molar-refractivity contribution is 0.379. The highest BCUT2D eigenvalue weighted by atomic mass is 32.2. The fourth-order valence-corrected chi connectivity index (χ4v) is 5.55. The summed E-state index contributed by atoms with van der Waals surface area (Å²) in [4.78, 5) is 2.09. The second-order valence-corrected chi connectivity index (χ2v) is 10.8. The van der Waals surface area contributed by atoms with Gasteiger partial charge in [-0.05, 0) is 42.0 Å². The van der Waals surface area contributed by atoms with Gasteiger partial charge in [-0.2, -0.15) is 0 Å². The molecular formula is C25H38N2O4S2. The van der Waals surface area contributed by atoms with Gasteiger partial charge in [0.15, 0.2) is 0 Å². The molecule has 0 amide bonds. The third kappa shape index (κ3) is 6.88. The molecule has 0 aliphatic rings. The van der Waals surface area contributed by atoms with Gasteiger partial charge in [-0.3, -0.25) is 0 Å². The molecule has 2 atom stereocenters. The fraction of sp³-hybridized carbons (Fsp3) is 0.520. The third-order valence-electron chi connectivity index (χ3n) is 5.37. The van der Waals surface area contributed by atoms with Crippen LogP contribution in [0, 0.1) is 0 Å². The number of nitrogens with two attached hydrogens (primary N) is 2. The molecule has 8 heteroatoms. The van der Waals surface area contributed by atoms with Crippen LogP contribution in [0.3, 0.4) is 0 Å². The quantitative estimate of drug-likeness (QED) is 0.378. The number of ether oxygens (including phenoxy) is 4. The summed E-state index contributed by atoms with van der Waals surface area (Å²) in [6, 6.07) is 7.81. The van der Waals surface area contributed by atoms with E-state index in [1.165, 1.54) is 0 Å². The largest absolute Gasteiger partial charge is 0.496 e. The average Bonchev–Trinajstić information content (AvgIpc) is 2.80. The first-order valence-corrected chi connectivity index (χ1v) is 13.0. The van der Waals surface area contributed by atoms with Crippen molar-refractivity contribution in [2.45, 2.75) is 54.2 Å². The highest BCUT2D eigenvalue weighted by molar-refractivity contribution is 8.00. The molecule has 0 aromatic heterocycles. The molecule has 2 rings (SSSR count). The molecular weight excluding hydrogens is 456 g/mol. The Hall–Kier alpha value is -1.74. The third-order valence-corrected chi connectivity index (χ3v) is 7.33. The summed E-state index contributed by atoms with van der Waals surface area (Å²) in [6.45, 7) is 6.78. The Morgan fingerprint density at radius 2 is 1.39 bits per heavy atom. The van der Waals surface area contributed by atoms with Gasteiger partial charge >= 0.3 is 0 Å². The van der Waals surface area contributed by atoms with Gasteiger partial charge in [0.05, 0.1) is 38.2 Å². The summed E-state index contributed by atoms with van der Waals surface area (Å²) < 4.78 is 22.7. The predicted molar refractivity (Wildman–Crippen MR) is 140 cm³/mol. The van der Waals surface area contributed by atoms with Crippen molar-refractivity contribution in [1.29, 1.82) is 0 Å². The predicted octanol–water partition coefficient (Wildman–Crippen LogP) is 4.95. The molecule has 2 aromatic rings. The number of hydrogen-bond donors (Lipinski definition) is 2. The minimum Gasteiger partial charge on any atom is -0.496 e. The fourth-order valence-electron chi connectivity index (χ4n) is 3.82. The summed E-state index contributed by atoms with van der Waals surface area (Å²) in [7, 11) is 6.71. The van der Waals surface area contributed by atoms with Crippen molar-refractivity contribution >= 4 is 23.5 Å². The zero-order chi connectivity index (χ0) is 24.5. The number of methoxy groups -OCH3 is 4. The highest BCUT2D eigenvalue weighted by Gasteiger charge is 2.26. The maximum atomic E-state index is 6.76. The Morgan fingerprint density at radius 1 is 0.818 bits per heavy atom. The number of benzene rings is 2. The summed E-state index contributed by atoms with van der Waals surface area (Å²) in [5.41, 5.74) is 14.9. The lowest BCUT2D eigenvalue weighted by atomic mass is 9.87. The minimum absolute atomic E-state index is 0.132. The summed E-state index contributed by atoms with van der Waals surface area (Å²) in [6.07, 6.45) is 0.576. The topological polar surface area (TPSA) is 89.0 Å². The molecule has 0 aliphatic heterocycles. The van der Waals surface area contributed by atoms with Crippen molar-refractivity contribution in [3.05, 3.63) is 35.4 Å². The van der Waals surface area contributed by atoms with Crippen molar-refractivity contribution in [3.8, 4) is 23.0 Å². The maximum Gasteiger partial charge on any atom is 0.132 e. The van der Waals surface area contributed by atoms with Gasteiger partial charge < -0.3 is 30.4 Å². The molecule has 0 radical (unpaired) electrons. The van der Waals surface area contributed by atoms with Crippen molar-refractivity contribution in [2.75, 3.05) is 40.7 Å². The SMILES string of the molecule is CCSc1cc(OC)c(CC(N)C(CN)c2cc(OC)c(SC(C)C)cc2OC)cc1OC. The molecule has 0 spiro atoms. The molecule has 184 valence electrons. The Morgan fingerprint density at radius 3 is 1.91 bits per heavy atom. The second-order valence-electron chi connectivity index (χ2n) is 7.87. The monoisotopic (exact) mass is 494 g/mol. The van der Waals surface area contributed by atoms with E-state index < -0.39 is 0 Å². The van der Waals surface area contributed by atoms with E-state index in [2.05, 4.69) is 20.8 Å². The van der Waals surface area contributed by atoms with Crippen LogP contribution in [0.4, 0.5) is 0 Å². The van der Waals surface area contributed by atoms with Crippen LogP contribution < -0.4 is 30.4 Å². The smallest absolute Gasteiger partial charge is 0.132 e. The zero-order valence-electron chi connectivity index (χ0n) is 20.8. The number of rotatable bonds is 13.